The fourth-order valence-electron chi connectivity index (χ4n) is 3.27. The predicted octanol–water partition coefficient (Wildman–Crippen LogP) is 2.93. The lowest BCUT2D eigenvalue weighted by Crippen LogP contribution is -2.37. The Bertz CT molecular complexity index is 954. The molecular formula is C22H28N4O3. The molecule has 0 aliphatic heterocycles. The monoisotopic (exact) mass is 396 g/mol. The van der Waals surface area contributed by atoms with Crippen molar-refractivity contribution in [2.75, 3.05) is 26.8 Å². The summed E-state index contributed by atoms with van der Waals surface area (Å²) in [5, 5.41) is 3.89. The maximum atomic E-state index is 12.4. The van der Waals surface area contributed by atoms with E-state index in [4.69, 9.17) is 15.2 Å². The topological polar surface area (TPSA) is 102 Å². The third kappa shape index (κ3) is 5.34. The zero-order valence-corrected chi connectivity index (χ0v) is 16.9. The van der Waals surface area contributed by atoms with Gasteiger partial charge in [0.1, 0.15) is 17.1 Å². The van der Waals surface area contributed by atoms with Crippen LogP contribution in [-0.4, -0.2) is 42.7 Å². The Balaban J connectivity index is 1.68. The SMILES string of the molecule is COCCCNC(=O)C(CN)Cc1cccc(Oc2ccnc3[nH]cc(C)c23)c1. The minimum absolute atomic E-state index is 0.0336. The number of aromatic amines is 1. The van der Waals surface area contributed by atoms with Crippen LogP contribution in [0.3, 0.4) is 0 Å². The van der Waals surface area contributed by atoms with Gasteiger partial charge in [0, 0.05) is 39.2 Å². The number of aromatic nitrogens is 2. The van der Waals surface area contributed by atoms with E-state index < -0.39 is 0 Å². The number of nitrogens with two attached hydrogens (primary N) is 1. The van der Waals surface area contributed by atoms with Crippen LogP contribution in [0.4, 0.5) is 0 Å². The second kappa shape index (κ2) is 10.0. The second-order valence-corrected chi connectivity index (χ2v) is 7.03. The van der Waals surface area contributed by atoms with Gasteiger partial charge in [-0.25, -0.2) is 4.98 Å². The van der Waals surface area contributed by atoms with Crippen LogP contribution in [-0.2, 0) is 16.0 Å². The first-order chi connectivity index (χ1) is 14.1. The van der Waals surface area contributed by atoms with E-state index in [1.54, 1.807) is 13.3 Å². The van der Waals surface area contributed by atoms with E-state index in [1.807, 2.05) is 43.5 Å². The van der Waals surface area contributed by atoms with Crippen molar-refractivity contribution in [1.29, 1.82) is 0 Å². The summed E-state index contributed by atoms with van der Waals surface area (Å²) in [7, 11) is 1.65. The number of carbonyl (C=O) groups excluding carboxylic acids is 1. The Morgan fingerprint density at radius 1 is 1.34 bits per heavy atom. The number of nitrogens with zero attached hydrogens (tertiary/aromatic N) is 1. The largest absolute Gasteiger partial charge is 0.457 e. The van der Waals surface area contributed by atoms with E-state index in [2.05, 4.69) is 15.3 Å². The van der Waals surface area contributed by atoms with E-state index in [0.717, 1.165) is 34.3 Å². The number of H-pyrrole nitrogens is 1. The predicted molar refractivity (Wildman–Crippen MR) is 113 cm³/mol. The molecule has 1 aromatic carbocycles. The summed E-state index contributed by atoms with van der Waals surface area (Å²) >= 11 is 0. The van der Waals surface area contributed by atoms with Crippen molar-refractivity contribution >= 4 is 16.9 Å². The fourth-order valence-corrected chi connectivity index (χ4v) is 3.27. The molecule has 29 heavy (non-hydrogen) atoms. The Morgan fingerprint density at radius 2 is 2.21 bits per heavy atom. The van der Waals surface area contributed by atoms with Crippen molar-refractivity contribution < 1.29 is 14.3 Å². The van der Waals surface area contributed by atoms with E-state index in [0.29, 0.717) is 25.3 Å². The number of fused-ring (bicyclic) bond motifs is 1. The highest BCUT2D eigenvalue weighted by molar-refractivity contribution is 5.86. The average Bonchev–Trinajstić information content (AvgIpc) is 3.11. The number of methoxy groups -OCH3 is 1. The van der Waals surface area contributed by atoms with Gasteiger partial charge in [-0.1, -0.05) is 12.1 Å². The number of pyridine rings is 1. The summed E-state index contributed by atoms with van der Waals surface area (Å²) < 4.78 is 11.1. The molecule has 1 amide bonds. The van der Waals surface area contributed by atoms with Crippen LogP contribution in [0.15, 0.2) is 42.7 Å². The molecule has 0 radical (unpaired) electrons. The molecule has 1 atom stereocenters. The highest BCUT2D eigenvalue weighted by Gasteiger charge is 2.17. The van der Waals surface area contributed by atoms with Gasteiger partial charge >= 0.3 is 0 Å². The molecule has 4 N–H and O–H groups in total. The number of ether oxygens (including phenoxy) is 2. The summed E-state index contributed by atoms with van der Waals surface area (Å²) in [5.41, 5.74) is 8.73. The third-order valence-electron chi connectivity index (χ3n) is 4.82. The van der Waals surface area contributed by atoms with Gasteiger partial charge in [-0.15, -0.1) is 0 Å². The number of carbonyl (C=O) groups is 1. The zero-order chi connectivity index (χ0) is 20.6. The molecule has 0 spiro atoms. The van der Waals surface area contributed by atoms with E-state index in [9.17, 15) is 4.79 Å². The van der Waals surface area contributed by atoms with Gasteiger partial charge in [-0.05, 0) is 49.1 Å². The molecule has 0 aliphatic rings. The van der Waals surface area contributed by atoms with Crippen LogP contribution in [0.5, 0.6) is 11.5 Å². The molecule has 0 bridgehead atoms. The first kappa shape index (κ1) is 20.8. The Labute approximate surface area is 170 Å². The summed E-state index contributed by atoms with van der Waals surface area (Å²) in [5.74, 6) is 1.14. The number of amides is 1. The summed E-state index contributed by atoms with van der Waals surface area (Å²) in [6.45, 7) is 3.51. The van der Waals surface area contributed by atoms with Gasteiger partial charge in [-0.2, -0.15) is 0 Å². The highest BCUT2D eigenvalue weighted by Crippen LogP contribution is 2.31. The van der Waals surface area contributed by atoms with Crippen LogP contribution in [0.1, 0.15) is 17.5 Å². The molecule has 3 aromatic rings. The Hall–Kier alpha value is -2.90. The van der Waals surface area contributed by atoms with Crippen molar-refractivity contribution in [1.82, 2.24) is 15.3 Å². The first-order valence-electron chi connectivity index (χ1n) is 9.78. The van der Waals surface area contributed by atoms with Crippen LogP contribution in [0.25, 0.3) is 11.0 Å². The zero-order valence-electron chi connectivity index (χ0n) is 16.9. The maximum Gasteiger partial charge on any atom is 0.224 e. The standard InChI is InChI=1S/C22H28N4O3/c1-15-14-26-21-20(15)19(7-9-24-21)29-18-6-3-5-16(12-18)11-17(13-23)22(27)25-8-4-10-28-2/h3,5-7,9,12,14,17H,4,8,10-11,13,23H2,1-2H3,(H,24,26)(H,25,27). The van der Waals surface area contributed by atoms with Crippen LogP contribution >= 0.6 is 0 Å². The summed E-state index contributed by atoms with van der Waals surface area (Å²) in [4.78, 5) is 19.9. The van der Waals surface area contributed by atoms with Crippen molar-refractivity contribution in [3.8, 4) is 11.5 Å². The molecular weight excluding hydrogens is 368 g/mol. The molecule has 2 heterocycles. The third-order valence-corrected chi connectivity index (χ3v) is 4.82. The molecule has 7 nitrogen and oxygen atoms in total. The lowest BCUT2D eigenvalue weighted by atomic mass is 9.98. The maximum absolute atomic E-state index is 12.4. The smallest absolute Gasteiger partial charge is 0.224 e. The number of rotatable bonds is 10. The van der Waals surface area contributed by atoms with Crippen molar-refractivity contribution in [3.05, 3.63) is 53.9 Å². The molecule has 0 saturated heterocycles. The van der Waals surface area contributed by atoms with Gasteiger partial charge in [0.15, 0.2) is 0 Å². The lowest BCUT2D eigenvalue weighted by molar-refractivity contribution is -0.124. The van der Waals surface area contributed by atoms with Crippen LogP contribution in [0, 0.1) is 12.8 Å². The fraction of sp³-hybridized carbons (Fsp3) is 0.364. The van der Waals surface area contributed by atoms with E-state index in [-0.39, 0.29) is 18.4 Å². The summed E-state index contributed by atoms with van der Waals surface area (Å²) in [6, 6.07) is 9.62. The molecule has 7 heteroatoms. The molecule has 1 unspecified atom stereocenters. The van der Waals surface area contributed by atoms with Crippen molar-refractivity contribution in [2.45, 2.75) is 19.8 Å². The van der Waals surface area contributed by atoms with Crippen LogP contribution in [0.2, 0.25) is 0 Å². The number of nitrogens with one attached hydrogen (secondary N) is 2. The second-order valence-electron chi connectivity index (χ2n) is 7.03. The number of aryl methyl sites for hydroxylation is 1. The Kier molecular flexibility index (Phi) is 7.21. The van der Waals surface area contributed by atoms with Gasteiger partial charge < -0.3 is 25.5 Å². The first-order valence-corrected chi connectivity index (χ1v) is 9.78. The highest BCUT2D eigenvalue weighted by atomic mass is 16.5. The normalized spacial score (nSPS) is 12.1. The van der Waals surface area contributed by atoms with Gasteiger partial charge in [0.05, 0.1) is 11.3 Å². The van der Waals surface area contributed by atoms with E-state index >= 15 is 0 Å². The minimum atomic E-state index is -0.285. The van der Waals surface area contributed by atoms with E-state index in [1.165, 1.54) is 0 Å². The number of hydrogen-bond acceptors (Lipinski definition) is 5. The van der Waals surface area contributed by atoms with Crippen LogP contribution < -0.4 is 15.8 Å². The van der Waals surface area contributed by atoms with Crippen molar-refractivity contribution in [3.63, 3.8) is 0 Å². The van der Waals surface area contributed by atoms with Crippen molar-refractivity contribution in [2.24, 2.45) is 11.7 Å². The molecule has 2 aromatic heterocycles. The van der Waals surface area contributed by atoms with Gasteiger partial charge in [-0.3, -0.25) is 4.79 Å². The molecule has 154 valence electrons. The quantitative estimate of drug-likeness (QED) is 0.457. The number of benzene rings is 1. The lowest BCUT2D eigenvalue weighted by Gasteiger charge is -2.16. The van der Waals surface area contributed by atoms with Gasteiger partial charge in [0.2, 0.25) is 5.91 Å². The minimum Gasteiger partial charge on any atom is -0.457 e. The molecule has 0 aliphatic carbocycles. The molecule has 3 rings (SSSR count). The van der Waals surface area contributed by atoms with Gasteiger partial charge in [0.25, 0.3) is 0 Å². The number of hydrogen-bond donors (Lipinski definition) is 3. The molecule has 0 fully saturated rings. The molecule has 0 saturated carbocycles. The average molecular weight is 396 g/mol. The Morgan fingerprint density at radius 3 is 3.00 bits per heavy atom. The summed E-state index contributed by atoms with van der Waals surface area (Å²) in [6.07, 6.45) is 4.97.